The van der Waals surface area contributed by atoms with Crippen LogP contribution in [0.15, 0.2) is 47.1 Å². The van der Waals surface area contributed by atoms with Gasteiger partial charge in [-0.15, -0.1) is 5.53 Å². The maximum absolute atomic E-state index is 14.4. The van der Waals surface area contributed by atoms with Crippen molar-refractivity contribution in [3.05, 3.63) is 52.6 Å². The molecule has 35 heteroatoms. The second-order valence-corrected chi connectivity index (χ2v) is 30.4. The van der Waals surface area contributed by atoms with Crippen molar-refractivity contribution >= 4 is 58.9 Å². The molecule has 0 radical (unpaired) electrons. The number of nitrogens with zero attached hydrogens (tertiary/aromatic N) is 2. The lowest BCUT2D eigenvalue weighted by Crippen LogP contribution is -2.53. The molecule has 1 heterocycles. The molecule has 8 amide bonds. The number of unbranched alkanes of at least 4 members (excludes halogenated alkanes) is 1. The second kappa shape index (κ2) is 59.3. The molecule has 1 aromatic rings. The zero-order valence-corrected chi connectivity index (χ0v) is 69.5. The molecule has 5 atom stereocenters. The summed E-state index contributed by atoms with van der Waals surface area (Å²) in [6.45, 7) is 18.7. The fourth-order valence-corrected chi connectivity index (χ4v) is 12.4. The van der Waals surface area contributed by atoms with Gasteiger partial charge in [-0.25, -0.2) is 4.79 Å². The number of hydrogen-bond acceptors (Lipinski definition) is 26. The molecular weight excluding hydrogens is 1480 g/mol. The van der Waals surface area contributed by atoms with Crippen LogP contribution in [0.25, 0.3) is 0 Å². The summed E-state index contributed by atoms with van der Waals surface area (Å²) in [5.74, 6) is 1.51. The van der Waals surface area contributed by atoms with E-state index in [-0.39, 0.29) is 127 Å². The van der Waals surface area contributed by atoms with Gasteiger partial charge in [-0.2, -0.15) is 0 Å². The number of ketones is 1. The summed E-state index contributed by atoms with van der Waals surface area (Å²) in [6.07, 6.45) is 9.80. The molecule has 1 aliphatic heterocycles. The van der Waals surface area contributed by atoms with E-state index in [1.165, 1.54) is 5.70 Å². The molecule has 650 valence electrons. The number of carbonyl (C=O) groups is 9. The third-order valence-corrected chi connectivity index (χ3v) is 18.7. The van der Waals surface area contributed by atoms with Crippen LogP contribution in [0, 0.1) is 17.8 Å². The molecule has 0 bridgehead atoms. The Balaban J connectivity index is 1.22. The van der Waals surface area contributed by atoms with Crippen LogP contribution in [0.4, 0.5) is 10.5 Å². The highest BCUT2D eigenvalue weighted by atomic mass is 16.6. The molecule has 3 aliphatic rings. The van der Waals surface area contributed by atoms with Gasteiger partial charge >= 0.3 is 12.0 Å². The van der Waals surface area contributed by atoms with Crippen molar-refractivity contribution in [2.45, 2.75) is 194 Å². The van der Waals surface area contributed by atoms with Gasteiger partial charge in [-0.3, -0.25) is 49.2 Å². The van der Waals surface area contributed by atoms with E-state index in [2.05, 4.69) is 98.9 Å². The third-order valence-electron chi connectivity index (χ3n) is 18.7. The number of nitrogens with two attached hydrogens (primary N) is 2. The molecule has 0 spiro atoms. The SMILES string of the molecule is CC(C)C(=O)OCc1ccc(NC(=O)[C@H](CCCNC(N)=O)CC(=O)[C@@H](NC(=O)[C@@H](CCCCNC(=O)COC2CCCCCC(NCCOCCOCCOCCOCCC(=O)NCC[N+](C)(C)C)=C2NN)NC(=O)CCOCCOCCOCCOCCNC(=O)COC2CCCCCC3=C2NNN3C(C)C)C(C)C)cc1. The quantitative estimate of drug-likeness (QED) is 0.0147. The lowest BCUT2D eigenvalue weighted by Gasteiger charge is -2.27. The van der Waals surface area contributed by atoms with E-state index in [4.69, 9.17) is 63.7 Å². The van der Waals surface area contributed by atoms with Crippen LogP contribution >= 0.6 is 0 Å². The van der Waals surface area contributed by atoms with E-state index in [1.807, 2.05) is 0 Å². The molecule has 114 heavy (non-hydrogen) atoms. The topological polar surface area (TPSA) is 443 Å². The minimum Gasteiger partial charge on any atom is -0.461 e. The summed E-state index contributed by atoms with van der Waals surface area (Å²) in [7, 11) is 6.22. The Hall–Kier alpha value is -7.39. The van der Waals surface area contributed by atoms with Gasteiger partial charge in [0.15, 0.2) is 5.78 Å². The van der Waals surface area contributed by atoms with E-state index >= 15 is 0 Å². The maximum atomic E-state index is 14.4. The highest BCUT2D eigenvalue weighted by Gasteiger charge is 2.34. The zero-order valence-electron chi connectivity index (χ0n) is 69.5. The van der Waals surface area contributed by atoms with Crippen molar-refractivity contribution in [3.63, 3.8) is 0 Å². The van der Waals surface area contributed by atoms with Crippen molar-refractivity contribution in [1.82, 2.24) is 58.6 Å². The van der Waals surface area contributed by atoms with Crippen LogP contribution in [-0.4, -0.2) is 272 Å². The van der Waals surface area contributed by atoms with Crippen molar-refractivity contribution in [2.75, 3.05) is 185 Å². The first-order valence-electron chi connectivity index (χ1n) is 41.0. The highest BCUT2D eigenvalue weighted by molar-refractivity contribution is 5.98. The summed E-state index contributed by atoms with van der Waals surface area (Å²) in [5, 5.41) is 25.3. The van der Waals surface area contributed by atoms with Gasteiger partial charge in [-0.1, -0.05) is 65.5 Å². The number of primary amides is 1. The van der Waals surface area contributed by atoms with Crippen LogP contribution in [0.5, 0.6) is 0 Å². The monoisotopic (exact) mass is 1620 g/mol. The smallest absolute Gasteiger partial charge is 0.312 e. The fourth-order valence-electron chi connectivity index (χ4n) is 12.4. The van der Waals surface area contributed by atoms with Crippen molar-refractivity contribution in [2.24, 2.45) is 29.3 Å². The summed E-state index contributed by atoms with van der Waals surface area (Å²) in [4.78, 5) is 118. The van der Waals surface area contributed by atoms with Crippen molar-refractivity contribution in [1.29, 1.82) is 0 Å². The lowest BCUT2D eigenvalue weighted by atomic mass is 9.89. The molecule has 15 N–H and O–H groups in total. The largest absolute Gasteiger partial charge is 0.461 e. The number of hydrogen-bond donors (Lipinski definition) is 13. The second-order valence-electron chi connectivity index (χ2n) is 30.4. The predicted octanol–water partition coefficient (Wildman–Crippen LogP) is 3.02. The Kier molecular flexibility index (Phi) is 51.5. The van der Waals surface area contributed by atoms with E-state index in [9.17, 15) is 43.2 Å². The van der Waals surface area contributed by atoms with E-state index in [0.717, 1.165) is 80.2 Å². The number of benzene rings is 1. The molecule has 35 nitrogen and oxygen atoms in total. The Morgan fingerprint density at radius 3 is 1.66 bits per heavy atom. The molecule has 0 fully saturated rings. The van der Waals surface area contributed by atoms with E-state index < -0.39 is 59.6 Å². The first kappa shape index (κ1) is 99.0. The van der Waals surface area contributed by atoms with Gasteiger partial charge in [-0.05, 0) is 108 Å². The minimum absolute atomic E-state index is 0.0122. The summed E-state index contributed by atoms with van der Waals surface area (Å²) in [6, 6.07) is 4.08. The number of amides is 8. The number of Topliss-reactive ketones (excluding diaryl/α,β-unsaturated/α-hetero) is 1. The number of urea groups is 1. The van der Waals surface area contributed by atoms with Crippen LogP contribution in [0.1, 0.15) is 163 Å². The van der Waals surface area contributed by atoms with Gasteiger partial charge in [0, 0.05) is 68.8 Å². The molecule has 2 aliphatic carbocycles. The molecule has 1 aromatic carbocycles. The van der Waals surface area contributed by atoms with Gasteiger partial charge < -0.3 is 116 Å². The number of hydrazine groups is 3. The number of esters is 1. The summed E-state index contributed by atoms with van der Waals surface area (Å²) >= 11 is 0. The first-order chi connectivity index (χ1) is 54.8. The number of nitrogens with one attached hydrogen (secondary N) is 11. The number of allylic oxidation sites excluding steroid dienone is 2. The van der Waals surface area contributed by atoms with Crippen LogP contribution in [0.2, 0.25) is 0 Å². The highest BCUT2D eigenvalue weighted by Crippen LogP contribution is 2.30. The Labute approximate surface area is 675 Å². The summed E-state index contributed by atoms with van der Waals surface area (Å²) < 4.78 is 63.6. The van der Waals surface area contributed by atoms with Gasteiger partial charge in [0.2, 0.25) is 35.4 Å². The summed E-state index contributed by atoms with van der Waals surface area (Å²) in [5.41, 5.74) is 19.5. The van der Waals surface area contributed by atoms with Gasteiger partial charge in [0.05, 0.1) is 169 Å². The number of ether oxygens (including phenoxy) is 11. The van der Waals surface area contributed by atoms with Crippen LogP contribution < -0.4 is 70.5 Å². The van der Waals surface area contributed by atoms with E-state index in [0.29, 0.717) is 148 Å². The Morgan fingerprint density at radius 1 is 0.553 bits per heavy atom. The zero-order chi connectivity index (χ0) is 83.1. The standard InChI is InChI=1S/C79H139N15O20/c1-57(2)73(66(95)53-61(19-18-32-86-79(80)103)76(100)87-62-27-25-60(26-28-62)54-114-78(102)58(3)4)89-77(101)64(88-70(97)30-38-105-42-46-109-50-52-111-48-44-107-40-35-85-72(99)56-113-68-24-15-11-13-22-65-75(68)91-92-93(65)59(5)6)21-16-17-31-83-71(98)55-112-67-23-14-10-12-20-63(74(67)90-81)82-34-39-106-43-47-110-51-49-108-45-41-104-37-29-69(96)84-33-36-94(7,8)9/h25-28,57-59,61,64,67-68,73,82,90-92H,10-24,29-56,81H2,1-9H3,(H8-,80,83,84,85,86,87,88,89,96,97,98,99,100,101,103)/p+1/t61-,64-,67?,68?,73+/m1/s1. The fraction of sp³-hybridized carbons (Fsp3) is 0.759. The number of carbonyl (C=O) groups excluding carboxylic acids is 9. The lowest BCUT2D eigenvalue weighted by molar-refractivity contribution is -0.869. The number of rotatable bonds is 63. The molecule has 2 unspecified atom stereocenters. The normalized spacial score (nSPS) is 16.2. The van der Waals surface area contributed by atoms with E-state index in [1.54, 1.807) is 52.0 Å². The van der Waals surface area contributed by atoms with Gasteiger partial charge in [0.25, 0.3) is 0 Å². The van der Waals surface area contributed by atoms with Gasteiger partial charge in [0.1, 0.15) is 38.1 Å². The molecule has 0 saturated carbocycles. The minimum atomic E-state index is -1.11. The van der Waals surface area contributed by atoms with Crippen LogP contribution in [-0.2, 0) is 97.1 Å². The predicted molar refractivity (Wildman–Crippen MR) is 428 cm³/mol. The Bertz CT molecular complexity index is 3020. The number of likely N-dealkylation sites (N-methyl/N-ethyl adjacent to an activating group) is 1. The van der Waals surface area contributed by atoms with Crippen molar-refractivity contribution in [3.8, 4) is 0 Å². The number of quaternary nitrogens is 1. The molecule has 0 saturated heterocycles. The average Bonchev–Trinajstić information content (AvgIpc) is 1.66. The molecule has 4 rings (SSSR count). The number of anilines is 1. The average molecular weight is 1620 g/mol. The molecular formula is C79H140N15O20+. The first-order valence-corrected chi connectivity index (χ1v) is 41.0. The molecule has 0 aromatic heterocycles. The maximum Gasteiger partial charge on any atom is 0.312 e. The van der Waals surface area contributed by atoms with Crippen molar-refractivity contribution < 1.29 is 99.7 Å². The van der Waals surface area contributed by atoms with Crippen LogP contribution in [0.3, 0.4) is 0 Å². The third kappa shape index (κ3) is 44.6. The Morgan fingerprint density at radius 2 is 1.09 bits per heavy atom.